The van der Waals surface area contributed by atoms with Crippen LogP contribution in [-0.4, -0.2) is 16.2 Å². The number of hydrogen-bond donors (Lipinski definition) is 2. The van der Waals surface area contributed by atoms with Crippen molar-refractivity contribution in [1.29, 1.82) is 0 Å². The number of nitrogen functional groups attached to an aromatic ring is 1. The number of aryl methyl sites for hydroxylation is 1. The average Bonchev–Trinajstić information content (AvgIpc) is 3.07. The maximum Gasteiger partial charge on any atom is 0.417 e. The van der Waals surface area contributed by atoms with E-state index in [0.717, 1.165) is 6.26 Å². The van der Waals surface area contributed by atoms with Crippen molar-refractivity contribution in [2.45, 2.75) is 19.3 Å². The molecule has 0 saturated heterocycles. The number of anilines is 1. The first-order chi connectivity index (χ1) is 13.8. The highest BCUT2D eigenvalue weighted by Crippen LogP contribution is 2.40. The average molecular weight is 432 g/mol. The van der Waals surface area contributed by atoms with Gasteiger partial charge < -0.3 is 15.4 Å². The Kier molecular flexibility index (Phi) is 6.44. The standard InChI is InChI=1S/C14H9F6N.C5H5NO3/c15-13(16,17)9-3-6-12(14(18,19)20)11(7-9)8-1-4-10(21)5-2-8;1-3-4(5(7)8)2-9-6-3/h1-7H,21H2;2H,1H3,(H,7,8). The summed E-state index contributed by atoms with van der Waals surface area (Å²) in [6.45, 7) is 1.58. The van der Waals surface area contributed by atoms with Gasteiger partial charge in [0, 0.05) is 5.69 Å². The monoisotopic (exact) mass is 432 g/mol. The summed E-state index contributed by atoms with van der Waals surface area (Å²) < 4.78 is 81.2. The van der Waals surface area contributed by atoms with Crippen LogP contribution in [-0.2, 0) is 12.4 Å². The van der Waals surface area contributed by atoms with Crippen LogP contribution in [0.5, 0.6) is 0 Å². The molecular formula is C19H14F6N2O3. The van der Waals surface area contributed by atoms with Crippen LogP contribution in [0, 0.1) is 6.92 Å². The molecule has 2 aromatic carbocycles. The lowest BCUT2D eigenvalue weighted by Gasteiger charge is -2.16. The summed E-state index contributed by atoms with van der Waals surface area (Å²) in [6.07, 6.45) is -8.36. The first-order valence-corrected chi connectivity index (χ1v) is 8.09. The number of carbonyl (C=O) groups is 1. The van der Waals surface area contributed by atoms with Gasteiger partial charge >= 0.3 is 18.3 Å². The van der Waals surface area contributed by atoms with Crippen LogP contribution in [0.25, 0.3) is 11.1 Å². The molecule has 0 fully saturated rings. The first-order valence-electron chi connectivity index (χ1n) is 8.09. The minimum absolute atomic E-state index is 0.0163. The number of nitrogens with zero attached hydrogens (tertiary/aromatic N) is 1. The Morgan fingerprint density at radius 2 is 1.60 bits per heavy atom. The summed E-state index contributed by atoms with van der Waals surface area (Å²) in [6, 6.07) is 6.51. The maximum atomic E-state index is 12.9. The van der Waals surface area contributed by atoms with Gasteiger partial charge in [-0.3, -0.25) is 0 Å². The third-order valence-electron chi connectivity index (χ3n) is 3.85. The van der Waals surface area contributed by atoms with Crippen LogP contribution in [0.15, 0.2) is 53.3 Å². The molecule has 30 heavy (non-hydrogen) atoms. The van der Waals surface area contributed by atoms with Crippen molar-refractivity contribution in [2.75, 3.05) is 5.73 Å². The number of rotatable bonds is 2. The summed E-state index contributed by atoms with van der Waals surface area (Å²) >= 11 is 0. The van der Waals surface area contributed by atoms with E-state index in [-0.39, 0.29) is 11.1 Å². The highest BCUT2D eigenvalue weighted by atomic mass is 19.4. The number of carboxylic acids is 1. The van der Waals surface area contributed by atoms with Gasteiger partial charge in [0.05, 0.1) is 16.8 Å². The maximum absolute atomic E-state index is 12.9. The molecule has 0 spiro atoms. The van der Waals surface area contributed by atoms with Crippen LogP contribution in [0.4, 0.5) is 32.0 Å². The largest absolute Gasteiger partial charge is 0.478 e. The fourth-order valence-corrected chi connectivity index (χ4v) is 2.37. The molecule has 0 aliphatic carbocycles. The van der Waals surface area contributed by atoms with Crippen LogP contribution < -0.4 is 5.73 Å². The topological polar surface area (TPSA) is 89.3 Å². The number of halogens is 6. The smallest absolute Gasteiger partial charge is 0.417 e. The van der Waals surface area contributed by atoms with Gasteiger partial charge in [0.25, 0.3) is 0 Å². The van der Waals surface area contributed by atoms with E-state index < -0.39 is 35.0 Å². The Hall–Kier alpha value is -3.50. The van der Waals surface area contributed by atoms with Crippen LogP contribution >= 0.6 is 0 Å². The fraction of sp³-hybridized carbons (Fsp3) is 0.158. The van der Waals surface area contributed by atoms with Gasteiger partial charge in [-0.05, 0) is 48.4 Å². The Labute approximate surface area is 165 Å². The minimum Gasteiger partial charge on any atom is -0.478 e. The van der Waals surface area contributed by atoms with Crippen LogP contribution in [0.2, 0.25) is 0 Å². The zero-order valence-electron chi connectivity index (χ0n) is 15.2. The minimum atomic E-state index is -4.75. The predicted octanol–water partition coefficient (Wildman–Crippen LogP) is 5.65. The van der Waals surface area contributed by atoms with E-state index in [1.165, 1.54) is 24.3 Å². The molecule has 0 aliphatic heterocycles. The molecule has 0 unspecified atom stereocenters. The number of nitrogens with two attached hydrogens (primary N) is 1. The molecule has 3 rings (SSSR count). The van der Waals surface area contributed by atoms with Crippen molar-refractivity contribution >= 4 is 11.7 Å². The van der Waals surface area contributed by atoms with Crippen molar-refractivity contribution < 1.29 is 40.8 Å². The van der Waals surface area contributed by atoms with E-state index in [9.17, 15) is 31.1 Å². The van der Waals surface area contributed by atoms with Gasteiger partial charge in [-0.25, -0.2) is 4.79 Å². The Bertz CT molecular complexity index is 1020. The molecule has 160 valence electrons. The van der Waals surface area contributed by atoms with Crippen molar-refractivity contribution in [2.24, 2.45) is 0 Å². The first kappa shape index (κ1) is 22.8. The summed E-state index contributed by atoms with van der Waals surface area (Å²) in [5, 5.41) is 11.7. The van der Waals surface area contributed by atoms with Crippen LogP contribution in [0.3, 0.4) is 0 Å². The molecule has 0 atom stereocenters. The number of benzene rings is 2. The molecule has 3 aromatic rings. The van der Waals surface area contributed by atoms with Gasteiger partial charge in [0.2, 0.25) is 0 Å². The summed E-state index contributed by atoms with van der Waals surface area (Å²) in [5.74, 6) is -1.01. The Morgan fingerprint density at radius 1 is 1.00 bits per heavy atom. The third kappa shape index (κ3) is 5.52. The van der Waals surface area contributed by atoms with Crippen molar-refractivity contribution in [1.82, 2.24) is 5.16 Å². The highest BCUT2D eigenvalue weighted by molar-refractivity contribution is 5.88. The zero-order chi connectivity index (χ0) is 22.7. The number of aromatic nitrogens is 1. The van der Waals surface area contributed by atoms with E-state index in [2.05, 4.69) is 9.68 Å². The number of hydrogen-bond acceptors (Lipinski definition) is 4. The van der Waals surface area contributed by atoms with Crippen molar-refractivity contribution in [3.05, 3.63) is 71.1 Å². The second-order valence-electron chi connectivity index (χ2n) is 6.00. The van der Waals surface area contributed by atoms with Crippen molar-refractivity contribution in [3.8, 4) is 11.1 Å². The lowest BCUT2D eigenvalue weighted by Crippen LogP contribution is -2.11. The second-order valence-corrected chi connectivity index (χ2v) is 6.00. The second kappa shape index (κ2) is 8.47. The van der Waals surface area contributed by atoms with E-state index in [0.29, 0.717) is 29.6 Å². The van der Waals surface area contributed by atoms with E-state index in [4.69, 9.17) is 10.8 Å². The van der Waals surface area contributed by atoms with Crippen LogP contribution in [0.1, 0.15) is 27.2 Å². The fourth-order valence-electron chi connectivity index (χ4n) is 2.37. The van der Waals surface area contributed by atoms with Gasteiger partial charge in [0.1, 0.15) is 11.8 Å². The molecule has 5 nitrogen and oxygen atoms in total. The van der Waals surface area contributed by atoms with E-state index >= 15 is 0 Å². The number of aromatic carboxylic acids is 1. The lowest BCUT2D eigenvalue weighted by atomic mass is 9.96. The van der Waals surface area contributed by atoms with E-state index in [1.807, 2.05) is 0 Å². The number of carboxylic acid groups (broad SMARTS) is 1. The molecule has 0 radical (unpaired) electrons. The summed E-state index contributed by atoms with van der Waals surface area (Å²) in [5.41, 5.74) is 3.48. The molecule has 0 saturated carbocycles. The molecule has 1 heterocycles. The molecule has 11 heteroatoms. The van der Waals surface area contributed by atoms with Gasteiger partial charge in [-0.15, -0.1) is 0 Å². The lowest BCUT2D eigenvalue weighted by molar-refractivity contribution is -0.141. The summed E-state index contributed by atoms with van der Waals surface area (Å²) in [4.78, 5) is 10.2. The van der Waals surface area contributed by atoms with Gasteiger partial charge in [-0.1, -0.05) is 17.3 Å². The molecule has 3 N–H and O–H groups in total. The molecule has 1 aromatic heterocycles. The quantitative estimate of drug-likeness (QED) is 0.403. The molecular weight excluding hydrogens is 418 g/mol. The SMILES string of the molecule is Cc1nocc1C(=O)O.Nc1ccc(-c2cc(C(F)(F)F)ccc2C(F)(F)F)cc1. The Morgan fingerprint density at radius 3 is 2.00 bits per heavy atom. The molecule has 0 bridgehead atoms. The Balaban J connectivity index is 0.000000297. The molecule has 0 aliphatic rings. The van der Waals surface area contributed by atoms with Gasteiger partial charge in [-0.2, -0.15) is 26.3 Å². The highest BCUT2D eigenvalue weighted by Gasteiger charge is 2.37. The summed E-state index contributed by atoms with van der Waals surface area (Å²) in [7, 11) is 0. The normalized spacial score (nSPS) is 11.6. The zero-order valence-corrected chi connectivity index (χ0v) is 15.2. The van der Waals surface area contributed by atoms with E-state index in [1.54, 1.807) is 6.92 Å². The molecule has 0 amide bonds. The predicted molar refractivity (Wildman–Crippen MR) is 94.5 cm³/mol. The number of alkyl halides is 6. The third-order valence-corrected chi connectivity index (χ3v) is 3.85. The van der Waals surface area contributed by atoms with Gasteiger partial charge in [0.15, 0.2) is 0 Å². The van der Waals surface area contributed by atoms with Crippen molar-refractivity contribution in [3.63, 3.8) is 0 Å².